The number of hydrogen-bond acceptors (Lipinski definition) is 3. The summed E-state index contributed by atoms with van der Waals surface area (Å²) in [6, 6.07) is 11.8. The van der Waals surface area contributed by atoms with Crippen LogP contribution in [0.25, 0.3) is 0 Å². The highest BCUT2D eigenvalue weighted by atomic mass is 16.3. The first-order valence-corrected chi connectivity index (χ1v) is 9.35. The van der Waals surface area contributed by atoms with Gasteiger partial charge in [0, 0.05) is 13.1 Å². The number of likely N-dealkylation sites (tertiary alicyclic amines) is 1. The summed E-state index contributed by atoms with van der Waals surface area (Å²) in [6.45, 7) is 3.27. The number of amides is 2. The number of nitrogens with one attached hydrogen (secondary N) is 1. The smallest absolute Gasteiger partial charge is 0.257 e. The van der Waals surface area contributed by atoms with Crippen molar-refractivity contribution < 1.29 is 14.0 Å². The van der Waals surface area contributed by atoms with Crippen molar-refractivity contribution in [2.45, 2.75) is 38.6 Å². The van der Waals surface area contributed by atoms with Crippen LogP contribution in [0.4, 0.5) is 0 Å². The molecule has 1 saturated heterocycles. The third-order valence-electron chi connectivity index (χ3n) is 4.94. The summed E-state index contributed by atoms with van der Waals surface area (Å²) in [4.78, 5) is 27.1. The van der Waals surface area contributed by atoms with Crippen molar-refractivity contribution in [1.29, 1.82) is 0 Å². The normalized spacial score (nSPS) is 18.3. The van der Waals surface area contributed by atoms with Gasteiger partial charge in [-0.2, -0.15) is 0 Å². The van der Waals surface area contributed by atoms with Gasteiger partial charge < -0.3 is 14.6 Å². The van der Waals surface area contributed by atoms with Gasteiger partial charge in [0.2, 0.25) is 5.91 Å². The molecule has 0 radical (unpaired) electrons. The van der Waals surface area contributed by atoms with Crippen molar-refractivity contribution in [2.75, 3.05) is 13.1 Å². The maximum atomic E-state index is 12.8. The van der Waals surface area contributed by atoms with E-state index in [0.717, 1.165) is 31.2 Å². The van der Waals surface area contributed by atoms with E-state index in [1.165, 1.54) is 12.5 Å². The molecular formula is C21H26N2O3. The van der Waals surface area contributed by atoms with E-state index < -0.39 is 0 Å². The molecule has 1 aromatic carbocycles. The van der Waals surface area contributed by atoms with Crippen molar-refractivity contribution >= 4 is 11.8 Å². The summed E-state index contributed by atoms with van der Waals surface area (Å²) in [5, 5.41) is 3.20. The second kappa shape index (κ2) is 8.70. The number of benzene rings is 1. The van der Waals surface area contributed by atoms with Gasteiger partial charge in [-0.05, 0) is 30.9 Å². The zero-order valence-corrected chi connectivity index (χ0v) is 15.2. The molecule has 26 heavy (non-hydrogen) atoms. The molecule has 1 aromatic heterocycles. The van der Waals surface area contributed by atoms with E-state index in [1.807, 2.05) is 18.2 Å². The van der Waals surface area contributed by atoms with Crippen LogP contribution < -0.4 is 5.32 Å². The molecule has 1 aliphatic heterocycles. The molecule has 2 amide bonds. The summed E-state index contributed by atoms with van der Waals surface area (Å²) in [5.41, 5.74) is 1.67. The highest BCUT2D eigenvalue weighted by molar-refractivity contribution is 5.94. The predicted molar refractivity (Wildman–Crippen MR) is 99.6 cm³/mol. The van der Waals surface area contributed by atoms with E-state index in [0.29, 0.717) is 18.7 Å². The van der Waals surface area contributed by atoms with Crippen LogP contribution in [0, 0.1) is 5.92 Å². The Kier molecular flexibility index (Phi) is 6.10. The molecule has 2 aromatic rings. The van der Waals surface area contributed by atoms with E-state index >= 15 is 0 Å². The standard InChI is InChI=1S/C21H26N2O3/c1-2-7-19(16-8-4-3-5-9-16)22-20(24)17-10-6-12-23(14-17)21(25)18-11-13-26-15-18/h3-5,8-9,11,13,15,17,19H,2,6-7,10,12,14H2,1H3,(H,22,24). The van der Waals surface area contributed by atoms with Crippen LogP contribution >= 0.6 is 0 Å². The molecule has 0 bridgehead atoms. The van der Waals surface area contributed by atoms with Crippen LogP contribution in [0.5, 0.6) is 0 Å². The minimum Gasteiger partial charge on any atom is -0.472 e. The Bertz CT molecular complexity index is 712. The van der Waals surface area contributed by atoms with Crippen molar-refractivity contribution in [1.82, 2.24) is 10.2 Å². The van der Waals surface area contributed by atoms with E-state index in [2.05, 4.69) is 24.4 Å². The largest absolute Gasteiger partial charge is 0.472 e. The molecule has 1 N–H and O–H groups in total. The summed E-state index contributed by atoms with van der Waals surface area (Å²) in [7, 11) is 0. The number of piperidine rings is 1. The first-order valence-electron chi connectivity index (χ1n) is 9.35. The molecule has 0 spiro atoms. The predicted octanol–water partition coefficient (Wildman–Crippen LogP) is 3.79. The Morgan fingerprint density at radius 2 is 2.08 bits per heavy atom. The molecule has 0 aliphatic carbocycles. The number of carbonyl (C=O) groups excluding carboxylic acids is 2. The Balaban J connectivity index is 1.64. The second-order valence-corrected chi connectivity index (χ2v) is 6.86. The topological polar surface area (TPSA) is 62.6 Å². The molecule has 138 valence electrons. The van der Waals surface area contributed by atoms with Crippen LogP contribution in [-0.2, 0) is 4.79 Å². The molecule has 5 heteroatoms. The molecule has 0 saturated carbocycles. The first-order chi connectivity index (χ1) is 12.7. The minimum absolute atomic E-state index is 0.0219. The van der Waals surface area contributed by atoms with Crippen LogP contribution in [0.2, 0.25) is 0 Å². The van der Waals surface area contributed by atoms with Crippen LogP contribution in [0.3, 0.4) is 0 Å². The van der Waals surface area contributed by atoms with Gasteiger partial charge in [0.25, 0.3) is 5.91 Å². The first kappa shape index (κ1) is 18.2. The van der Waals surface area contributed by atoms with Crippen LogP contribution in [0.1, 0.15) is 54.6 Å². The highest BCUT2D eigenvalue weighted by Gasteiger charge is 2.30. The van der Waals surface area contributed by atoms with E-state index in [1.54, 1.807) is 11.0 Å². The quantitative estimate of drug-likeness (QED) is 0.858. The molecule has 5 nitrogen and oxygen atoms in total. The van der Waals surface area contributed by atoms with Crippen molar-refractivity contribution in [3.8, 4) is 0 Å². The maximum absolute atomic E-state index is 12.8. The maximum Gasteiger partial charge on any atom is 0.257 e. The lowest BCUT2D eigenvalue weighted by atomic mass is 9.95. The number of carbonyl (C=O) groups is 2. The molecule has 1 fully saturated rings. The van der Waals surface area contributed by atoms with Crippen LogP contribution in [-0.4, -0.2) is 29.8 Å². The number of furan rings is 1. The van der Waals surface area contributed by atoms with Crippen LogP contribution in [0.15, 0.2) is 53.3 Å². The molecule has 2 atom stereocenters. The highest BCUT2D eigenvalue weighted by Crippen LogP contribution is 2.23. The van der Waals surface area contributed by atoms with Gasteiger partial charge >= 0.3 is 0 Å². The molecule has 3 rings (SSSR count). The van der Waals surface area contributed by atoms with Crippen molar-refractivity contribution in [3.05, 3.63) is 60.1 Å². The van der Waals surface area contributed by atoms with Gasteiger partial charge in [0.05, 0.1) is 23.8 Å². The monoisotopic (exact) mass is 354 g/mol. The molecule has 2 unspecified atom stereocenters. The van der Waals surface area contributed by atoms with Gasteiger partial charge in [-0.15, -0.1) is 0 Å². The second-order valence-electron chi connectivity index (χ2n) is 6.86. The van der Waals surface area contributed by atoms with Gasteiger partial charge in [0.15, 0.2) is 0 Å². The fraction of sp³-hybridized carbons (Fsp3) is 0.429. The minimum atomic E-state index is -0.164. The Hall–Kier alpha value is -2.56. The summed E-state index contributed by atoms with van der Waals surface area (Å²) in [6.07, 6.45) is 6.51. The summed E-state index contributed by atoms with van der Waals surface area (Å²) < 4.78 is 5.00. The third-order valence-corrected chi connectivity index (χ3v) is 4.94. The summed E-state index contributed by atoms with van der Waals surface area (Å²) >= 11 is 0. The zero-order chi connectivity index (χ0) is 18.4. The fourth-order valence-electron chi connectivity index (χ4n) is 3.53. The lowest BCUT2D eigenvalue weighted by molar-refractivity contribution is -0.127. The van der Waals surface area contributed by atoms with E-state index in [4.69, 9.17) is 4.42 Å². The summed E-state index contributed by atoms with van der Waals surface area (Å²) in [5.74, 6) is -0.191. The molecule has 2 heterocycles. The fourth-order valence-corrected chi connectivity index (χ4v) is 3.53. The Labute approximate surface area is 154 Å². The number of nitrogens with zero attached hydrogens (tertiary/aromatic N) is 1. The lowest BCUT2D eigenvalue weighted by Crippen LogP contribution is -2.46. The van der Waals surface area contributed by atoms with Crippen molar-refractivity contribution in [2.24, 2.45) is 5.92 Å². The SMILES string of the molecule is CCCC(NC(=O)C1CCCN(C(=O)c2ccoc2)C1)c1ccccc1. The Morgan fingerprint density at radius 3 is 2.77 bits per heavy atom. The van der Waals surface area contributed by atoms with Gasteiger partial charge in [-0.25, -0.2) is 0 Å². The zero-order valence-electron chi connectivity index (χ0n) is 15.2. The Morgan fingerprint density at radius 1 is 1.27 bits per heavy atom. The number of rotatable bonds is 6. The van der Waals surface area contributed by atoms with Gasteiger partial charge in [-0.3, -0.25) is 9.59 Å². The van der Waals surface area contributed by atoms with Gasteiger partial charge in [-0.1, -0.05) is 43.7 Å². The third kappa shape index (κ3) is 4.34. The molecular weight excluding hydrogens is 328 g/mol. The lowest BCUT2D eigenvalue weighted by Gasteiger charge is -2.32. The van der Waals surface area contributed by atoms with E-state index in [9.17, 15) is 9.59 Å². The average molecular weight is 354 g/mol. The number of hydrogen-bond donors (Lipinski definition) is 1. The van der Waals surface area contributed by atoms with Gasteiger partial charge in [0.1, 0.15) is 6.26 Å². The van der Waals surface area contributed by atoms with E-state index in [-0.39, 0.29) is 23.8 Å². The molecule has 1 aliphatic rings. The van der Waals surface area contributed by atoms with Crippen molar-refractivity contribution in [3.63, 3.8) is 0 Å². The average Bonchev–Trinajstić information content (AvgIpc) is 3.22.